The topological polar surface area (TPSA) is 187 Å². The molecule has 156 valence electrons. The predicted octanol–water partition coefficient (Wildman–Crippen LogP) is 0.845. The first-order valence-electron chi connectivity index (χ1n) is 7.55. The van der Waals surface area contributed by atoms with Crippen molar-refractivity contribution in [1.82, 2.24) is 5.32 Å². The molecule has 1 rings (SSSR count). The van der Waals surface area contributed by atoms with E-state index in [-0.39, 0.29) is 18.5 Å². The summed E-state index contributed by atoms with van der Waals surface area (Å²) in [6.07, 6.45) is -1.85. The van der Waals surface area contributed by atoms with Crippen LogP contribution in [0, 0.1) is 10.1 Å². The third-order valence-corrected chi connectivity index (χ3v) is 3.50. The quantitative estimate of drug-likeness (QED) is 0.210. The van der Waals surface area contributed by atoms with Crippen molar-refractivity contribution in [2.45, 2.75) is 29.8 Å². The maximum atomic E-state index is 11.3. The summed E-state index contributed by atoms with van der Waals surface area (Å²) in [4.78, 5) is 39.2. The predicted molar refractivity (Wildman–Crippen MR) is 97.1 cm³/mol. The zero-order valence-corrected chi connectivity index (χ0v) is 15.7. The van der Waals surface area contributed by atoms with Crippen molar-refractivity contribution >= 4 is 46.7 Å². The third-order valence-electron chi connectivity index (χ3n) is 3.10. The summed E-state index contributed by atoms with van der Waals surface area (Å²) in [6.45, 7) is -0.551. The van der Waals surface area contributed by atoms with Gasteiger partial charge in [0, 0.05) is 12.1 Å². The number of carboxylic acid groups (broad SMARTS) is 2. The smallest absolute Gasteiger partial charge is 0.303 e. The van der Waals surface area contributed by atoms with Crippen LogP contribution in [0.2, 0.25) is 0 Å². The van der Waals surface area contributed by atoms with Crippen molar-refractivity contribution in [3.63, 3.8) is 0 Å². The number of halogens is 2. The van der Waals surface area contributed by atoms with Crippen molar-refractivity contribution in [1.29, 1.82) is 0 Å². The lowest BCUT2D eigenvalue weighted by atomic mass is 10.0. The minimum Gasteiger partial charge on any atom is -0.481 e. The molecule has 0 unspecified atom stereocenters. The standard InChI is InChI=1S/C11H12Cl2N2O5.C4H6O4/c12-10(13)11(18)14-8(5-16)9(17)6-1-3-7(4-2-6)15(19)20;5-3(6)1-2-4(7)8/h1-4,8-10,16-17H,5H2,(H,14,18);1-2H2,(H,5,6)(H,7,8)/t8-,9-;/m1./s1. The molecule has 0 radical (unpaired) electrons. The van der Waals surface area contributed by atoms with Crippen LogP contribution < -0.4 is 5.32 Å². The summed E-state index contributed by atoms with van der Waals surface area (Å²) in [7, 11) is 0. The number of aliphatic hydroxyl groups is 2. The zero-order valence-electron chi connectivity index (χ0n) is 14.2. The normalized spacial score (nSPS) is 12.3. The van der Waals surface area contributed by atoms with Gasteiger partial charge in [0.2, 0.25) is 0 Å². The number of aliphatic carboxylic acids is 2. The van der Waals surface area contributed by atoms with Crippen molar-refractivity contribution in [2.24, 2.45) is 0 Å². The van der Waals surface area contributed by atoms with Gasteiger partial charge in [0.15, 0.2) is 4.84 Å². The number of aliphatic hydroxyl groups excluding tert-OH is 2. The molecular weight excluding hydrogens is 423 g/mol. The number of hydrogen-bond donors (Lipinski definition) is 5. The number of rotatable bonds is 9. The van der Waals surface area contributed by atoms with Gasteiger partial charge in [-0.05, 0) is 17.7 Å². The highest BCUT2D eigenvalue weighted by Crippen LogP contribution is 2.20. The van der Waals surface area contributed by atoms with E-state index in [2.05, 4.69) is 5.32 Å². The van der Waals surface area contributed by atoms with Crippen molar-refractivity contribution in [3.8, 4) is 0 Å². The van der Waals surface area contributed by atoms with Crippen LogP contribution in [0.4, 0.5) is 5.69 Å². The van der Waals surface area contributed by atoms with Gasteiger partial charge in [-0.25, -0.2) is 0 Å². The van der Waals surface area contributed by atoms with Gasteiger partial charge in [-0.3, -0.25) is 24.5 Å². The fourth-order valence-electron chi connectivity index (χ4n) is 1.71. The molecule has 11 nitrogen and oxygen atoms in total. The Balaban J connectivity index is 0.000000769. The van der Waals surface area contributed by atoms with Crippen LogP contribution in [0.15, 0.2) is 24.3 Å². The Hall–Kier alpha value is -2.47. The van der Waals surface area contributed by atoms with E-state index in [9.17, 15) is 29.6 Å². The van der Waals surface area contributed by atoms with Gasteiger partial charge in [-0.1, -0.05) is 23.2 Å². The number of alkyl halides is 2. The van der Waals surface area contributed by atoms with Gasteiger partial charge in [0.25, 0.3) is 11.6 Å². The molecule has 0 bridgehead atoms. The summed E-state index contributed by atoms with van der Waals surface area (Å²) in [6, 6.07) is 4.05. The second-order valence-electron chi connectivity index (χ2n) is 5.18. The molecule has 1 aromatic rings. The van der Waals surface area contributed by atoms with Gasteiger partial charge in [-0.15, -0.1) is 0 Å². The highest BCUT2D eigenvalue weighted by Gasteiger charge is 2.24. The SMILES string of the molecule is O=C(N[C@H](CO)[C@H](O)c1ccc([N+](=O)[O-])cc1)C(Cl)Cl.O=C(O)CCC(=O)O. The van der Waals surface area contributed by atoms with Crippen LogP contribution in [0.3, 0.4) is 0 Å². The van der Waals surface area contributed by atoms with Gasteiger partial charge in [0.05, 0.1) is 30.4 Å². The van der Waals surface area contributed by atoms with E-state index in [0.29, 0.717) is 5.56 Å². The highest BCUT2D eigenvalue weighted by atomic mass is 35.5. The first kappa shape index (κ1) is 25.5. The van der Waals surface area contributed by atoms with E-state index in [1.807, 2.05) is 0 Å². The Kier molecular flexibility index (Phi) is 11.7. The van der Waals surface area contributed by atoms with E-state index in [4.69, 9.17) is 38.5 Å². The first-order chi connectivity index (χ1) is 13.0. The number of amides is 1. The molecule has 0 fully saturated rings. The van der Waals surface area contributed by atoms with Crippen LogP contribution in [0.25, 0.3) is 0 Å². The van der Waals surface area contributed by atoms with Crippen LogP contribution in [-0.4, -0.2) is 60.7 Å². The van der Waals surface area contributed by atoms with Crippen LogP contribution in [-0.2, 0) is 14.4 Å². The number of hydrogen-bond acceptors (Lipinski definition) is 7. The lowest BCUT2D eigenvalue weighted by molar-refractivity contribution is -0.384. The summed E-state index contributed by atoms with van der Waals surface area (Å²) < 4.78 is 0. The Bertz CT molecular complexity index is 669. The van der Waals surface area contributed by atoms with E-state index < -0.39 is 46.4 Å². The third kappa shape index (κ3) is 10.0. The zero-order chi connectivity index (χ0) is 21.9. The van der Waals surface area contributed by atoms with Crippen LogP contribution in [0.1, 0.15) is 24.5 Å². The van der Waals surface area contributed by atoms with Crippen molar-refractivity contribution in [3.05, 3.63) is 39.9 Å². The fourth-order valence-corrected chi connectivity index (χ4v) is 1.84. The molecule has 0 aromatic heterocycles. The summed E-state index contributed by atoms with van der Waals surface area (Å²) in [5.74, 6) is -2.91. The summed E-state index contributed by atoms with van der Waals surface area (Å²) in [5.41, 5.74) is 0.169. The molecule has 1 aromatic carbocycles. The Morgan fingerprint density at radius 1 is 1.07 bits per heavy atom. The second kappa shape index (κ2) is 12.8. The molecule has 0 spiro atoms. The average molecular weight is 441 g/mol. The summed E-state index contributed by atoms with van der Waals surface area (Å²) in [5, 5.41) is 47.7. The molecule has 13 heteroatoms. The van der Waals surface area contributed by atoms with Crippen molar-refractivity contribution < 1.29 is 39.7 Å². The van der Waals surface area contributed by atoms with E-state index in [1.54, 1.807) is 0 Å². The number of carboxylic acids is 2. The number of benzene rings is 1. The molecule has 0 aliphatic rings. The van der Waals surface area contributed by atoms with Crippen LogP contribution in [0.5, 0.6) is 0 Å². The van der Waals surface area contributed by atoms with Crippen LogP contribution >= 0.6 is 23.2 Å². The maximum Gasteiger partial charge on any atom is 0.303 e. The molecular formula is C15H18Cl2N2O9. The highest BCUT2D eigenvalue weighted by molar-refractivity contribution is 6.53. The maximum absolute atomic E-state index is 11.3. The molecule has 2 atom stereocenters. The number of nitro benzene ring substituents is 1. The fraction of sp³-hybridized carbons (Fsp3) is 0.400. The summed E-state index contributed by atoms with van der Waals surface area (Å²) >= 11 is 10.7. The molecule has 0 saturated heterocycles. The number of nitrogens with one attached hydrogen (secondary N) is 1. The van der Waals surface area contributed by atoms with Gasteiger partial charge in [-0.2, -0.15) is 0 Å². The van der Waals surface area contributed by atoms with E-state index in [1.165, 1.54) is 24.3 Å². The minimum atomic E-state index is -1.33. The van der Waals surface area contributed by atoms with Gasteiger partial charge in [0.1, 0.15) is 6.10 Å². The molecule has 1 amide bonds. The van der Waals surface area contributed by atoms with Gasteiger partial charge < -0.3 is 25.7 Å². The van der Waals surface area contributed by atoms with Gasteiger partial charge >= 0.3 is 11.9 Å². The number of nitro groups is 1. The molecule has 0 saturated carbocycles. The first-order valence-corrected chi connectivity index (χ1v) is 8.42. The second-order valence-corrected chi connectivity index (χ2v) is 6.28. The van der Waals surface area contributed by atoms with E-state index >= 15 is 0 Å². The monoisotopic (exact) mass is 440 g/mol. The number of carbonyl (C=O) groups is 3. The minimum absolute atomic E-state index is 0.132. The molecule has 28 heavy (non-hydrogen) atoms. The Morgan fingerprint density at radius 2 is 1.54 bits per heavy atom. The lowest BCUT2D eigenvalue weighted by Gasteiger charge is -2.22. The number of carbonyl (C=O) groups excluding carboxylic acids is 1. The molecule has 0 aliphatic heterocycles. The molecule has 0 aliphatic carbocycles. The van der Waals surface area contributed by atoms with E-state index in [0.717, 1.165) is 0 Å². The molecule has 5 N–H and O–H groups in total. The number of nitrogens with zero attached hydrogens (tertiary/aromatic N) is 1. The Morgan fingerprint density at radius 3 is 1.86 bits per heavy atom. The lowest BCUT2D eigenvalue weighted by Crippen LogP contribution is -2.44. The molecule has 0 heterocycles. The Labute approximate surface area is 168 Å². The average Bonchev–Trinajstić information content (AvgIpc) is 2.64. The largest absolute Gasteiger partial charge is 0.481 e. The number of non-ortho nitro benzene ring substituents is 1. The van der Waals surface area contributed by atoms with Crippen molar-refractivity contribution in [2.75, 3.05) is 6.61 Å².